The Kier molecular flexibility index (Phi) is 9.75. The standard InChI is InChI=1S/C30H40N2O5/c1-7-36-25-19-23(13-14-24(25)37-18-15-20(2)3)27-26(28(33)22-11-9-21(4)10-12-22)29(34)30(35)32(27)17-8-16-31(5)6/h9-14,19-20,27,33H,7-8,15-18H2,1-6H3/b28-26+. The Balaban J connectivity index is 2.08. The lowest BCUT2D eigenvalue weighted by molar-refractivity contribution is -0.139. The van der Waals surface area contributed by atoms with Crippen LogP contribution in [0.15, 0.2) is 48.0 Å². The molecule has 1 aliphatic rings. The van der Waals surface area contributed by atoms with Gasteiger partial charge < -0.3 is 24.4 Å². The van der Waals surface area contributed by atoms with E-state index in [4.69, 9.17) is 9.47 Å². The molecular weight excluding hydrogens is 468 g/mol. The van der Waals surface area contributed by atoms with Gasteiger partial charge in [-0.05, 0) is 70.9 Å². The van der Waals surface area contributed by atoms with Gasteiger partial charge in [-0.15, -0.1) is 0 Å². The van der Waals surface area contributed by atoms with Crippen LogP contribution in [0.4, 0.5) is 0 Å². The molecule has 37 heavy (non-hydrogen) atoms. The molecule has 1 heterocycles. The summed E-state index contributed by atoms with van der Waals surface area (Å²) in [6.45, 7) is 10.3. The molecule has 200 valence electrons. The number of aryl methyl sites for hydroxylation is 1. The first-order chi connectivity index (χ1) is 17.6. The van der Waals surface area contributed by atoms with Crippen LogP contribution < -0.4 is 9.47 Å². The average Bonchev–Trinajstić information content (AvgIpc) is 3.09. The van der Waals surface area contributed by atoms with Crippen molar-refractivity contribution >= 4 is 17.4 Å². The van der Waals surface area contributed by atoms with Gasteiger partial charge in [0.1, 0.15) is 5.76 Å². The first kappa shape index (κ1) is 28.3. The van der Waals surface area contributed by atoms with E-state index in [1.807, 2.05) is 63.2 Å². The van der Waals surface area contributed by atoms with Crippen LogP contribution in [0.25, 0.3) is 5.76 Å². The highest BCUT2D eigenvalue weighted by molar-refractivity contribution is 6.46. The molecule has 1 saturated heterocycles. The second-order valence-corrected chi connectivity index (χ2v) is 10.2. The Morgan fingerprint density at radius 3 is 2.38 bits per heavy atom. The van der Waals surface area contributed by atoms with Gasteiger partial charge in [-0.1, -0.05) is 49.7 Å². The topological polar surface area (TPSA) is 79.3 Å². The Bertz CT molecular complexity index is 1120. The summed E-state index contributed by atoms with van der Waals surface area (Å²) < 4.78 is 11.9. The van der Waals surface area contributed by atoms with Crippen LogP contribution in [0.3, 0.4) is 0 Å². The monoisotopic (exact) mass is 508 g/mol. The Hall–Kier alpha value is -3.32. The summed E-state index contributed by atoms with van der Waals surface area (Å²) in [7, 11) is 3.94. The van der Waals surface area contributed by atoms with E-state index in [2.05, 4.69) is 13.8 Å². The normalized spacial score (nSPS) is 17.2. The second kappa shape index (κ2) is 12.8. The number of aliphatic hydroxyl groups excluding tert-OH is 1. The number of likely N-dealkylation sites (tertiary alicyclic amines) is 1. The quantitative estimate of drug-likeness (QED) is 0.241. The van der Waals surface area contributed by atoms with Crippen molar-refractivity contribution in [2.75, 3.05) is 40.4 Å². The van der Waals surface area contributed by atoms with Crippen molar-refractivity contribution in [3.63, 3.8) is 0 Å². The summed E-state index contributed by atoms with van der Waals surface area (Å²) >= 11 is 0. The zero-order valence-corrected chi connectivity index (χ0v) is 22.9. The molecular formula is C30H40N2O5. The van der Waals surface area contributed by atoms with Crippen LogP contribution in [-0.2, 0) is 9.59 Å². The smallest absolute Gasteiger partial charge is 0.295 e. The molecule has 2 aromatic rings. The zero-order valence-electron chi connectivity index (χ0n) is 22.9. The minimum Gasteiger partial charge on any atom is -0.507 e. The van der Waals surface area contributed by atoms with Crippen LogP contribution in [0.2, 0.25) is 0 Å². The summed E-state index contributed by atoms with van der Waals surface area (Å²) in [5, 5.41) is 11.3. The fraction of sp³-hybridized carbons (Fsp3) is 0.467. The van der Waals surface area contributed by atoms with Gasteiger partial charge in [-0.2, -0.15) is 0 Å². The van der Waals surface area contributed by atoms with E-state index >= 15 is 0 Å². The first-order valence-electron chi connectivity index (χ1n) is 13.0. The lowest BCUT2D eigenvalue weighted by Crippen LogP contribution is -2.32. The van der Waals surface area contributed by atoms with E-state index in [1.54, 1.807) is 17.0 Å². The molecule has 1 unspecified atom stereocenters. The molecule has 3 rings (SSSR count). The van der Waals surface area contributed by atoms with Gasteiger partial charge in [-0.3, -0.25) is 9.59 Å². The van der Waals surface area contributed by atoms with E-state index in [9.17, 15) is 14.7 Å². The Labute approximate surface area is 220 Å². The van der Waals surface area contributed by atoms with Gasteiger partial charge in [0, 0.05) is 12.1 Å². The lowest BCUT2D eigenvalue weighted by Gasteiger charge is -2.26. The summed E-state index contributed by atoms with van der Waals surface area (Å²) in [6.07, 6.45) is 1.60. The minimum atomic E-state index is -0.729. The predicted octanol–water partition coefficient (Wildman–Crippen LogP) is 5.19. The number of hydrogen-bond donors (Lipinski definition) is 1. The van der Waals surface area contributed by atoms with Crippen LogP contribution >= 0.6 is 0 Å². The fourth-order valence-electron chi connectivity index (χ4n) is 4.37. The Morgan fingerprint density at radius 2 is 1.76 bits per heavy atom. The molecule has 7 nitrogen and oxygen atoms in total. The van der Waals surface area contributed by atoms with Crippen LogP contribution in [0.1, 0.15) is 56.3 Å². The number of hydrogen-bond acceptors (Lipinski definition) is 6. The van der Waals surface area contributed by atoms with Crippen molar-refractivity contribution in [3.8, 4) is 11.5 Å². The molecule has 2 aromatic carbocycles. The molecule has 0 bridgehead atoms. The van der Waals surface area contributed by atoms with Gasteiger partial charge in [0.05, 0.1) is 24.8 Å². The molecule has 1 amide bonds. The van der Waals surface area contributed by atoms with E-state index in [-0.39, 0.29) is 11.3 Å². The summed E-state index contributed by atoms with van der Waals surface area (Å²) in [5.41, 5.74) is 2.32. The lowest BCUT2D eigenvalue weighted by atomic mass is 9.94. The number of carbonyl (C=O) groups excluding carboxylic acids is 2. The number of benzene rings is 2. The second-order valence-electron chi connectivity index (χ2n) is 10.2. The number of ether oxygens (including phenoxy) is 2. The van der Waals surface area contributed by atoms with E-state index in [0.717, 1.165) is 18.5 Å². The molecule has 1 aliphatic heterocycles. The third kappa shape index (κ3) is 6.92. The van der Waals surface area contributed by atoms with Crippen LogP contribution in [0.5, 0.6) is 11.5 Å². The summed E-state index contributed by atoms with van der Waals surface area (Å²) in [5.74, 6) is 0.232. The highest BCUT2D eigenvalue weighted by Crippen LogP contribution is 2.42. The van der Waals surface area contributed by atoms with E-state index in [0.29, 0.717) is 54.7 Å². The van der Waals surface area contributed by atoms with Crippen molar-refractivity contribution in [1.82, 2.24) is 9.80 Å². The van der Waals surface area contributed by atoms with E-state index < -0.39 is 17.7 Å². The highest BCUT2D eigenvalue weighted by Gasteiger charge is 2.46. The van der Waals surface area contributed by atoms with Gasteiger partial charge >= 0.3 is 0 Å². The molecule has 1 N–H and O–H groups in total. The number of Topliss-reactive ketones (excluding diaryl/α,β-unsaturated/α-hetero) is 1. The van der Waals surface area contributed by atoms with Crippen LogP contribution in [0, 0.1) is 12.8 Å². The molecule has 1 atom stereocenters. The van der Waals surface area contributed by atoms with E-state index in [1.165, 1.54) is 0 Å². The maximum absolute atomic E-state index is 13.3. The van der Waals surface area contributed by atoms with Crippen molar-refractivity contribution < 1.29 is 24.2 Å². The zero-order chi connectivity index (χ0) is 27.1. The first-order valence-corrected chi connectivity index (χ1v) is 13.0. The van der Waals surface area contributed by atoms with Crippen LogP contribution in [-0.4, -0.2) is 67.0 Å². The molecule has 0 aliphatic carbocycles. The van der Waals surface area contributed by atoms with Gasteiger partial charge in [0.25, 0.3) is 11.7 Å². The average molecular weight is 509 g/mol. The number of aliphatic hydroxyl groups is 1. The maximum Gasteiger partial charge on any atom is 0.295 e. The molecule has 7 heteroatoms. The van der Waals surface area contributed by atoms with Crippen molar-refractivity contribution in [3.05, 3.63) is 64.7 Å². The molecule has 0 aromatic heterocycles. The minimum absolute atomic E-state index is 0.0923. The SMILES string of the molecule is CCOc1cc(C2/C(=C(\O)c3ccc(C)cc3)C(=O)C(=O)N2CCCN(C)C)ccc1OCCC(C)C. The Morgan fingerprint density at radius 1 is 1.05 bits per heavy atom. The third-order valence-electron chi connectivity index (χ3n) is 6.41. The maximum atomic E-state index is 13.3. The number of ketones is 1. The fourth-order valence-corrected chi connectivity index (χ4v) is 4.37. The molecule has 1 fully saturated rings. The summed E-state index contributed by atoms with van der Waals surface area (Å²) in [4.78, 5) is 30.1. The van der Waals surface area contributed by atoms with Crippen molar-refractivity contribution in [2.24, 2.45) is 5.92 Å². The van der Waals surface area contributed by atoms with Crippen molar-refractivity contribution in [2.45, 2.75) is 46.6 Å². The van der Waals surface area contributed by atoms with Crippen molar-refractivity contribution in [1.29, 1.82) is 0 Å². The molecule has 0 radical (unpaired) electrons. The molecule has 0 saturated carbocycles. The highest BCUT2D eigenvalue weighted by atomic mass is 16.5. The van der Waals surface area contributed by atoms with Gasteiger partial charge in [0.15, 0.2) is 11.5 Å². The number of carbonyl (C=O) groups is 2. The largest absolute Gasteiger partial charge is 0.507 e. The summed E-state index contributed by atoms with van der Waals surface area (Å²) in [6, 6.07) is 12.0. The number of amides is 1. The van der Waals surface area contributed by atoms with Gasteiger partial charge in [-0.25, -0.2) is 0 Å². The number of rotatable bonds is 12. The molecule has 0 spiro atoms. The van der Waals surface area contributed by atoms with Gasteiger partial charge in [0.2, 0.25) is 0 Å². The third-order valence-corrected chi connectivity index (χ3v) is 6.41. The number of nitrogens with zero attached hydrogens (tertiary/aromatic N) is 2. The predicted molar refractivity (Wildman–Crippen MR) is 146 cm³/mol.